The number of hydrogen-bond acceptors (Lipinski definition) is 4. The quantitative estimate of drug-likeness (QED) is 0.343. The number of hydrogen-bond donors (Lipinski definition) is 1. The van der Waals surface area contributed by atoms with Gasteiger partial charge in [0, 0.05) is 27.6 Å². The number of allylic oxidation sites excluding steroid dienone is 2. The highest BCUT2D eigenvalue weighted by Crippen LogP contribution is 2.43. The Hall–Kier alpha value is -2.97. The van der Waals surface area contributed by atoms with Crippen molar-refractivity contribution >= 4 is 40.5 Å². The van der Waals surface area contributed by atoms with Crippen molar-refractivity contribution in [3.05, 3.63) is 87.5 Å². The standard InChI is InChI=1S/C25H19ClF3NO3S/c1-34-23-8-6-21(30-24(23)25(31)32)16-4-2-3-15(16)17-9-13(26)5-7-22(17)33-12-18-19(28)10-14(27)11-20(18)29/h5-11H,2-4,12H2,1H3,(H,31,32). The Morgan fingerprint density at radius 3 is 2.47 bits per heavy atom. The van der Waals surface area contributed by atoms with Crippen molar-refractivity contribution in [1.82, 2.24) is 4.98 Å². The van der Waals surface area contributed by atoms with E-state index in [1.54, 1.807) is 36.6 Å². The normalized spacial score (nSPS) is 13.4. The van der Waals surface area contributed by atoms with Gasteiger partial charge in [0.1, 0.15) is 29.8 Å². The topological polar surface area (TPSA) is 59.4 Å². The molecule has 0 atom stereocenters. The van der Waals surface area contributed by atoms with E-state index in [0.29, 0.717) is 51.9 Å². The van der Waals surface area contributed by atoms with Crippen LogP contribution in [0.5, 0.6) is 5.75 Å². The minimum Gasteiger partial charge on any atom is -0.488 e. The zero-order valence-corrected chi connectivity index (χ0v) is 19.6. The summed E-state index contributed by atoms with van der Waals surface area (Å²) in [6.45, 7) is -0.445. The van der Waals surface area contributed by atoms with Gasteiger partial charge in [0.25, 0.3) is 0 Å². The number of thioether (sulfide) groups is 1. The molecule has 0 fully saturated rings. The van der Waals surface area contributed by atoms with Crippen LogP contribution in [0.1, 0.15) is 46.6 Å². The number of carbonyl (C=O) groups is 1. The fourth-order valence-corrected chi connectivity index (χ4v) is 4.68. The first-order valence-electron chi connectivity index (χ1n) is 10.4. The van der Waals surface area contributed by atoms with Crippen LogP contribution < -0.4 is 4.74 Å². The maximum atomic E-state index is 14.1. The first kappa shape index (κ1) is 24.2. The number of pyridine rings is 1. The molecule has 1 aliphatic carbocycles. The molecule has 0 spiro atoms. The van der Waals surface area contributed by atoms with E-state index in [4.69, 9.17) is 16.3 Å². The van der Waals surface area contributed by atoms with Gasteiger partial charge in [-0.25, -0.2) is 22.9 Å². The summed E-state index contributed by atoms with van der Waals surface area (Å²) in [5.74, 6) is -3.84. The fourth-order valence-electron chi connectivity index (χ4n) is 3.98. The molecule has 0 saturated carbocycles. The maximum absolute atomic E-state index is 14.1. The number of aromatic carboxylic acids is 1. The monoisotopic (exact) mass is 505 g/mol. The van der Waals surface area contributed by atoms with Gasteiger partial charge in [0.2, 0.25) is 0 Å². The Bertz CT molecular complexity index is 1290. The summed E-state index contributed by atoms with van der Waals surface area (Å²) in [7, 11) is 0. The molecule has 0 aliphatic heterocycles. The number of benzene rings is 2. The van der Waals surface area contributed by atoms with Gasteiger partial charge in [0.15, 0.2) is 5.69 Å². The van der Waals surface area contributed by atoms with Crippen LogP contribution in [-0.2, 0) is 6.61 Å². The summed E-state index contributed by atoms with van der Waals surface area (Å²) in [4.78, 5) is 16.6. The molecular formula is C25H19ClF3NO3S. The van der Waals surface area contributed by atoms with E-state index in [1.165, 1.54) is 11.8 Å². The van der Waals surface area contributed by atoms with Gasteiger partial charge in [-0.05, 0) is 67.0 Å². The van der Waals surface area contributed by atoms with Crippen molar-refractivity contribution in [2.24, 2.45) is 0 Å². The van der Waals surface area contributed by atoms with Gasteiger partial charge in [-0.2, -0.15) is 0 Å². The highest BCUT2D eigenvalue weighted by Gasteiger charge is 2.24. The van der Waals surface area contributed by atoms with Gasteiger partial charge < -0.3 is 9.84 Å². The first-order valence-corrected chi connectivity index (χ1v) is 12.0. The van der Waals surface area contributed by atoms with Crippen molar-refractivity contribution in [2.75, 3.05) is 6.26 Å². The van der Waals surface area contributed by atoms with Crippen LogP contribution in [0.4, 0.5) is 13.2 Å². The molecule has 4 nitrogen and oxygen atoms in total. The van der Waals surface area contributed by atoms with Crippen LogP contribution in [0.25, 0.3) is 11.1 Å². The number of nitrogens with zero attached hydrogens (tertiary/aromatic N) is 1. The van der Waals surface area contributed by atoms with Crippen LogP contribution in [-0.4, -0.2) is 22.3 Å². The van der Waals surface area contributed by atoms with Crippen LogP contribution in [0.3, 0.4) is 0 Å². The summed E-state index contributed by atoms with van der Waals surface area (Å²) >= 11 is 7.55. The number of aromatic nitrogens is 1. The maximum Gasteiger partial charge on any atom is 0.355 e. The highest BCUT2D eigenvalue weighted by atomic mass is 35.5. The molecule has 1 heterocycles. The molecule has 1 aliphatic rings. The lowest BCUT2D eigenvalue weighted by molar-refractivity contribution is 0.0686. The molecule has 34 heavy (non-hydrogen) atoms. The number of ether oxygens (including phenoxy) is 1. The van der Waals surface area contributed by atoms with Crippen molar-refractivity contribution < 1.29 is 27.8 Å². The van der Waals surface area contributed by atoms with E-state index in [-0.39, 0.29) is 11.3 Å². The second-order valence-electron chi connectivity index (χ2n) is 7.64. The van der Waals surface area contributed by atoms with Crippen molar-refractivity contribution in [2.45, 2.75) is 30.8 Å². The third kappa shape index (κ3) is 4.93. The number of carboxylic acids is 1. The van der Waals surface area contributed by atoms with E-state index >= 15 is 0 Å². The molecule has 0 saturated heterocycles. The molecule has 3 aromatic rings. The summed E-state index contributed by atoms with van der Waals surface area (Å²) in [6, 6.07) is 9.62. The van der Waals surface area contributed by atoms with E-state index < -0.39 is 30.0 Å². The lowest BCUT2D eigenvalue weighted by Gasteiger charge is -2.16. The van der Waals surface area contributed by atoms with Crippen molar-refractivity contribution in [3.63, 3.8) is 0 Å². The lowest BCUT2D eigenvalue weighted by atomic mass is 9.98. The molecule has 9 heteroatoms. The Balaban J connectivity index is 1.74. The largest absolute Gasteiger partial charge is 0.488 e. The molecule has 176 valence electrons. The molecule has 1 aromatic heterocycles. The summed E-state index contributed by atoms with van der Waals surface area (Å²) in [6.07, 6.45) is 3.94. The highest BCUT2D eigenvalue weighted by molar-refractivity contribution is 7.98. The minimum absolute atomic E-state index is 0.0198. The van der Waals surface area contributed by atoms with E-state index in [9.17, 15) is 23.1 Å². The number of halogens is 4. The van der Waals surface area contributed by atoms with Gasteiger partial charge in [-0.15, -0.1) is 11.8 Å². The zero-order chi connectivity index (χ0) is 24.4. The average Bonchev–Trinajstić information content (AvgIpc) is 3.28. The second kappa shape index (κ2) is 10.1. The molecular weight excluding hydrogens is 487 g/mol. The Morgan fingerprint density at radius 1 is 1.09 bits per heavy atom. The summed E-state index contributed by atoms with van der Waals surface area (Å²) in [5, 5.41) is 10.00. The van der Waals surface area contributed by atoms with E-state index in [1.807, 2.05) is 0 Å². The van der Waals surface area contributed by atoms with Crippen LogP contribution >= 0.6 is 23.4 Å². The molecule has 4 rings (SSSR count). The molecule has 1 N–H and O–H groups in total. The van der Waals surface area contributed by atoms with Crippen molar-refractivity contribution in [1.29, 1.82) is 0 Å². The average molecular weight is 506 g/mol. The van der Waals surface area contributed by atoms with Crippen LogP contribution in [0, 0.1) is 17.5 Å². The molecule has 0 radical (unpaired) electrons. The van der Waals surface area contributed by atoms with Gasteiger partial charge in [-0.3, -0.25) is 0 Å². The summed E-state index contributed by atoms with van der Waals surface area (Å²) < 4.78 is 47.1. The number of carboxylic acid groups (broad SMARTS) is 1. The van der Waals surface area contributed by atoms with E-state index in [0.717, 1.165) is 17.6 Å². The van der Waals surface area contributed by atoms with Gasteiger partial charge in [0.05, 0.1) is 11.3 Å². The molecule has 2 aromatic carbocycles. The Labute approximate surface area is 203 Å². The molecule has 0 bridgehead atoms. The molecule has 0 amide bonds. The minimum atomic E-state index is -1.11. The van der Waals surface area contributed by atoms with Crippen LogP contribution in [0.15, 0.2) is 47.4 Å². The smallest absolute Gasteiger partial charge is 0.355 e. The predicted molar refractivity (Wildman–Crippen MR) is 126 cm³/mol. The number of rotatable bonds is 7. The van der Waals surface area contributed by atoms with Crippen LogP contribution in [0.2, 0.25) is 5.02 Å². The fraction of sp³-hybridized carbons (Fsp3) is 0.200. The Morgan fingerprint density at radius 2 is 1.79 bits per heavy atom. The lowest BCUT2D eigenvalue weighted by Crippen LogP contribution is -2.06. The predicted octanol–water partition coefficient (Wildman–Crippen LogP) is 7.25. The van der Waals surface area contributed by atoms with Crippen molar-refractivity contribution in [3.8, 4) is 5.75 Å². The van der Waals surface area contributed by atoms with Gasteiger partial charge in [-0.1, -0.05) is 11.6 Å². The SMILES string of the molecule is CSc1ccc(C2=C(c3cc(Cl)ccc3OCc3c(F)cc(F)cc3F)CCC2)nc1C(=O)O. The Kier molecular flexibility index (Phi) is 7.19. The van der Waals surface area contributed by atoms with Gasteiger partial charge >= 0.3 is 5.97 Å². The molecule has 0 unspecified atom stereocenters. The van der Waals surface area contributed by atoms with E-state index in [2.05, 4.69) is 4.98 Å². The third-order valence-electron chi connectivity index (χ3n) is 5.55. The summed E-state index contributed by atoms with van der Waals surface area (Å²) in [5.41, 5.74) is 2.51. The first-order chi connectivity index (χ1) is 16.3. The zero-order valence-electron chi connectivity index (χ0n) is 18.0. The third-order valence-corrected chi connectivity index (χ3v) is 6.56. The second-order valence-corrected chi connectivity index (χ2v) is 8.92.